The number of hydrogen-bond donors (Lipinski definition) is 4. The molecule has 0 saturated heterocycles. The molecule has 40 heavy (non-hydrogen) atoms. The normalized spacial score (nSPS) is 10.5. The molecule has 0 bridgehead atoms. The van der Waals surface area contributed by atoms with Crippen LogP contribution in [-0.2, 0) is 4.74 Å². The quantitative estimate of drug-likeness (QED) is 0.149. The number of nitrogens with zero attached hydrogens (tertiary/aromatic N) is 4. The van der Waals surface area contributed by atoms with Crippen molar-refractivity contribution in [3.05, 3.63) is 132 Å². The van der Waals surface area contributed by atoms with Crippen LogP contribution in [0.5, 0.6) is 0 Å². The van der Waals surface area contributed by atoms with Crippen LogP contribution in [0.25, 0.3) is 22.8 Å². The molecule has 0 radical (unpaired) electrons. The second-order valence-electron chi connectivity index (χ2n) is 8.77. The summed E-state index contributed by atoms with van der Waals surface area (Å²) in [5, 5.41) is 33.7. The van der Waals surface area contributed by atoms with E-state index in [-0.39, 0.29) is 29.6 Å². The third-order valence-corrected chi connectivity index (χ3v) is 6.02. The van der Waals surface area contributed by atoms with Gasteiger partial charge in [0, 0.05) is 53.8 Å². The van der Waals surface area contributed by atoms with Crippen molar-refractivity contribution in [1.29, 1.82) is 21.6 Å². The second kappa shape index (κ2) is 11.8. The predicted molar refractivity (Wildman–Crippen MR) is 154 cm³/mol. The Morgan fingerprint density at radius 3 is 1.57 bits per heavy atom. The van der Waals surface area contributed by atoms with Crippen molar-refractivity contribution in [2.24, 2.45) is 0 Å². The molecule has 1 aromatic carbocycles. The molecule has 0 aliphatic rings. The fourth-order valence-electron chi connectivity index (χ4n) is 3.88. The molecule has 5 rings (SSSR count). The summed E-state index contributed by atoms with van der Waals surface area (Å²) in [6.07, 6.45) is 6.60. The van der Waals surface area contributed by atoms with Crippen LogP contribution in [0, 0.1) is 21.6 Å². The maximum absolute atomic E-state index is 8.55. The maximum atomic E-state index is 8.55. The minimum atomic E-state index is -0.224. The summed E-state index contributed by atoms with van der Waals surface area (Å²) >= 11 is 0. The SMILES string of the molecule is N=C(CC(=N)c1cccc(C(=N)OC(=N)c2ccc(-c3ccccn3)nc2)c1)c1ccc(-c2ccccn2)nc1. The highest BCUT2D eigenvalue weighted by atomic mass is 16.5. The van der Waals surface area contributed by atoms with E-state index >= 15 is 0 Å². The van der Waals surface area contributed by atoms with Gasteiger partial charge in [-0.05, 0) is 66.2 Å². The van der Waals surface area contributed by atoms with Crippen molar-refractivity contribution in [1.82, 2.24) is 19.9 Å². The van der Waals surface area contributed by atoms with Gasteiger partial charge in [0.05, 0.1) is 28.3 Å². The molecule has 4 heterocycles. The smallest absolute Gasteiger partial charge is 0.222 e. The van der Waals surface area contributed by atoms with Gasteiger partial charge in [0.15, 0.2) is 0 Å². The minimum Gasteiger partial charge on any atom is -0.421 e. The number of pyridine rings is 4. The van der Waals surface area contributed by atoms with Crippen molar-refractivity contribution in [2.75, 3.05) is 0 Å². The number of benzene rings is 1. The van der Waals surface area contributed by atoms with E-state index in [0.717, 1.165) is 11.4 Å². The average molecular weight is 525 g/mol. The van der Waals surface area contributed by atoms with E-state index in [1.54, 1.807) is 61.1 Å². The molecule has 0 aliphatic heterocycles. The monoisotopic (exact) mass is 524 g/mol. The van der Waals surface area contributed by atoms with Gasteiger partial charge in [0.25, 0.3) is 0 Å². The molecule has 0 amide bonds. The lowest BCUT2D eigenvalue weighted by Crippen LogP contribution is -2.14. The van der Waals surface area contributed by atoms with Gasteiger partial charge >= 0.3 is 0 Å². The van der Waals surface area contributed by atoms with E-state index in [2.05, 4.69) is 19.9 Å². The Hall–Kier alpha value is -5.70. The first-order valence-corrected chi connectivity index (χ1v) is 12.3. The largest absolute Gasteiger partial charge is 0.421 e. The van der Waals surface area contributed by atoms with Crippen LogP contribution >= 0.6 is 0 Å². The van der Waals surface area contributed by atoms with Crippen LogP contribution < -0.4 is 0 Å². The summed E-state index contributed by atoms with van der Waals surface area (Å²) in [6, 6.07) is 25.0. The highest BCUT2D eigenvalue weighted by Gasteiger charge is 2.14. The molecule has 9 heteroatoms. The molecule has 0 aliphatic carbocycles. The van der Waals surface area contributed by atoms with Crippen molar-refractivity contribution in [2.45, 2.75) is 6.42 Å². The van der Waals surface area contributed by atoms with Gasteiger partial charge in [0.1, 0.15) is 0 Å². The summed E-state index contributed by atoms with van der Waals surface area (Å²) in [7, 11) is 0. The number of ether oxygens (including phenoxy) is 1. The zero-order valence-electron chi connectivity index (χ0n) is 21.3. The summed E-state index contributed by atoms with van der Waals surface area (Å²) in [6.45, 7) is 0. The Morgan fingerprint density at radius 2 is 1.02 bits per heavy atom. The average Bonchev–Trinajstić information content (AvgIpc) is 3.02. The van der Waals surface area contributed by atoms with E-state index in [1.165, 1.54) is 6.20 Å². The Balaban J connectivity index is 1.21. The maximum Gasteiger partial charge on any atom is 0.222 e. The number of aromatic nitrogens is 4. The molecule has 0 saturated carbocycles. The van der Waals surface area contributed by atoms with Crippen LogP contribution in [0.4, 0.5) is 0 Å². The zero-order chi connectivity index (χ0) is 27.9. The van der Waals surface area contributed by atoms with Crippen LogP contribution in [0.2, 0.25) is 0 Å². The number of hydrogen-bond acceptors (Lipinski definition) is 9. The van der Waals surface area contributed by atoms with Gasteiger partial charge in [-0.3, -0.25) is 30.8 Å². The molecule has 194 valence electrons. The van der Waals surface area contributed by atoms with Crippen LogP contribution in [0.1, 0.15) is 28.7 Å². The molecule has 0 unspecified atom stereocenters. The Morgan fingerprint density at radius 1 is 0.500 bits per heavy atom. The fraction of sp³-hybridized carbons (Fsp3) is 0.0323. The first-order valence-electron chi connectivity index (χ1n) is 12.3. The predicted octanol–water partition coefficient (Wildman–Crippen LogP) is 5.79. The molecule has 0 atom stereocenters. The minimum absolute atomic E-state index is 0.0896. The van der Waals surface area contributed by atoms with Gasteiger partial charge in [-0.25, -0.2) is 0 Å². The van der Waals surface area contributed by atoms with Gasteiger partial charge < -0.3 is 15.6 Å². The van der Waals surface area contributed by atoms with E-state index < -0.39 is 0 Å². The zero-order valence-corrected chi connectivity index (χ0v) is 21.3. The van der Waals surface area contributed by atoms with Gasteiger partial charge in [-0.2, -0.15) is 0 Å². The Bertz CT molecular complexity index is 1560. The fourth-order valence-corrected chi connectivity index (χ4v) is 3.88. The first kappa shape index (κ1) is 25.9. The molecule has 0 spiro atoms. The topological polar surface area (TPSA) is 156 Å². The molecule has 9 nitrogen and oxygen atoms in total. The van der Waals surface area contributed by atoms with Crippen molar-refractivity contribution < 1.29 is 4.74 Å². The third-order valence-electron chi connectivity index (χ3n) is 6.02. The summed E-state index contributed by atoms with van der Waals surface area (Å²) in [5.74, 6) is -0.438. The molecular formula is C31H24N8O. The molecule has 4 aromatic heterocycles. The lowest BCUT2D eigenvalue weighted by molar-refractivity contribution is 0.538. The van der Waals surface area contributed by atoms with E-state index in [0.29, 0.717) is 33.6 Å². The number of nitrogens with one attached hydrogen (secondary N) is 4. The summed E-state index contributed by atoms with van der Waals surface area (Å²) in [5.41, 5.74) is 5.34. The van der Waals surface area contributed by atoms with Crippen LogP contribution in [0.15, 0.2) is 110 Å². The molecule has 4 N–H and O–H groups in total. The van der Waals surface area contributed by atoms with Crippen LogP contribution in [0.3, 0.4) is 0 Å². The Kier molecular flexibility index (Phi) is 7.64. The number of rotatable bonds is 8. The highest BCUT2D eigenvalue weighted by Crippen LogP contribution is 2.17. The lowest BCUT2D eigenvalue weighted by atomic mass is 9.99. The van der Waals surface area contributed by atoms with Crippen molar-refractivity contribution in [3.63, 3.8) is 0 Å². The Labute approximate surface area is 230 Å². The van der Waals surface area contributed by atoms with Crippen molar-refractivity contribution in [3.8, 4) is 22.8 Å². The second-order valence-corrected chi connectivity index (χ2v) is 8.77. The van der Waals surface area contributed by atoms with Crippen molar-refractivity contribution >= 4 is 23.2 Å². The van der Waals surface area contributed by atoms with E-state index in [4.69, 9.17) is 26.4 Å². The van der Waals surface area contributed by atoms with Gasteiger partial charge in [-0.15, -0.1) is 0 Å². The first-order chi connectivity index (χ1) is 19.5. The summed E-state index contributed by atoms with van der Waals surface area (Å²) < 4.78 is 5.49. The lowest BCUT2D eigenvalue weighted by Gasteiger charge is -2.11. The third kappa shape index (κ3) is 6.05. The summed E-state index contributed by atoms with van der Waals surface area (Å²) in [4.78, 5) is 17.3. The van der Waals surface area contributed by atoms with E-state index in [1.807, 2.05) is 42.5 Å². The molecule has 0 fully saturated rings. The molecular weight excluding hydrogens is 500 g/mol. The molecule has 5 aromatic rings. The standard InChI is InChI=1S/C31H24N8O/c32-24(17-25(33)22-10-12-28(38-18-22)26-8-1-3-14-36-26)20-6-5-7-21(16-20)30(34)40-31(35)23-11-13-29(39-19-23)27-9-2-4-15-37-27/h1-16,18-19,32-35H,17H2. The van der Waals surface area contributed by atoms with E-state index in [9.17, 15) is 0 Å². The van der Waals surface area contributed by atoms with Gasteiger partial charge in [0.2, 0.25) is 11.8 Å². The highest BCUT2D eigenvalue weighted by molar-refractivity contribution is 6.16. The van der Waals surface area contributed by atoms with Gasteiger partial charge in [-0.1, -0.05) is 24.3 Å². The van der Waals surface area contributed by atoms with Crippen LogP contribution in [-0.4, -0.2) is 43.2 Å².